The van der Waals surface area contributed by atoms with Crippen molar-refractivity contribution in [3.05, 3.63) is 40.9 Å². The number of nitrogens with zero attached hydrogens (tertiary/aromatic N) is 2. The Kier molecular flexibility index (Phi) is 4.25. The van der Waals surface area contributed by atoms with Gasteiger partial charge in [0.15, 0.2) is 0 Å². The van der Waals surface area contributed by atoms with E-state index in [1.165, 1.54) is 11.3 Å². The highest BCUT2D eigenvalue weighted by Crippen LogP contribution is 2.12. The molecule has 0 spiro atoms. The lowest BCUT2D eigenvalue weighted by molar-refractivity contribution is 0.0953. The number of nitrogen functional groups attached to an aromatic ring is 1. The molecule has 18 heavy (non-hydrogen) atoms. The Morgan fingerprint density at radius 2 is 2.06 bits per heavy atom. The number of aromatic nitrogens is 2. The highest BCUT2D eigenvalue weighted by Gasteiger charge is 2.04. The van der Waals surface area contributed by atoms with E-state index in [1.807, 2.05) is 18.2 Å². The molecule has 6 heteroatoms. The van der Waals surface area contributed by atoms with Crippen LogP contribution in [0.4, 0.5) is 5.13 Å². The number of hydrogen-bond acceptors (Lipinski definition) is 5. The molecule has 1 heterocycles. The van der Waals surface area contributed by atoms with Crippen LogP contribution in [0.15, 0.2) is 30.3 Å². The van der Waals surface area contributed by atoms with Crippen molar-refractivity contribution in [1.29, 1.82) is 0 Å². The van der Waals surface area contributed by atoms with Crippen LogP contribution in [0.3, 0.4) is 0 Å². The van der Waals surface area contributed by atoms with E-state index in [0.29, 0.717) is 17.2 Å². The van der Waals surface area contributed by atoms with Gasteiger partial charge in [0, 0.05) is 18.5 Å². The third-order valence-corrected chi connectivity index (χ3v) is 3.18. The van der Waals surface area contributed by atoms with Gasteiger partial charge in [-0.2, -0.15) is 0 Å². The Balaban J connectivity index is 1.71. The fourth-order valence-electron chi connectivity index (χ4n) is 1.50. The van der Waals surface area contributed by atoms with E-state index in [4.69, 9.17) is 5.73 Å². The summed E-state index contributed by atoms with van der Waals surface area (Å²) in [5, 5.41) is 11.9. The van der Waals surface area contributed by atoms with Crippen molar-refractivity contribution in [3.8, 4) is 0 Å². The maximum atomic E-state index is 11.7. The number of hydrogen-bond donors (Lipinski definition) is 2. The number of anilines is 1. The summed E-state index contributed by atoms with van der Waals surface area (Å²) in [6.45, 7) is 0.618. The third kappa shape index (κ3) is 3.53. The Labute approximate surface area is 109 Å². The normalized spacial score (nSPS) is 10.2. The van der Waals surface area contributed by atoms with E-state index in [0.717, 1.165) is 17.8 Å². The molecule has 0 saturated heterocycles. The highest BCUT2D eigenvalue weighted by atomic mass is 32.1. The molecule has 0 aliphatic heterocycles. The number of nitrogens with two attached hydrogens (primary N) is 1. The topological polar surface area (TPSA) is 80.9 Å². The molecule has 2 aromatic rings. The van der Waals surface area contributed by atoms with Crippen molar-refractivity contribution in [2.75, 3.05) is 12.3 Å². The third-order valence-electron chi connectivity index (χ3n) is 2.37. The van der Waals surface area contributed by atoms with Gasteiger partial charge in [0.2, 0.25) is 5.13 Å². The molecule has 0 bridgehead atoms. The summed E-state index contributed by atoms with van der Waals surface area (Å²) in [5.74, 6) is -0.0487. The summed E-state index contributed by atoms with van der Waals surface area (Å²) in [6, 6.07) is 9.16. The van der Waals surface area contributed by atoms with Crippen LogP contribution in [0.25, 0.3) is 0 Å². The monoisotopic (exact) mass is 262 g/mol. The SMILES string of the molecule is Nc1nnc(CCCNC(=O)c2ccccc2)s1. The van der Waals surface area contributed by atoms with Crippen molar-refractivity contribution in [3.63, 3.8) is 0 Å². The van der Waals surface area contributed by atoms with E-state index in [1.54, 1.807) is 12.1 Å². The fraction of sp³-hybridized carbons (Fsp3) is 0.250. The molecule has 0 aliphatic rings. The molecule has 0 aliphatic carbocycles. The van der Waals surface area contributed by atoms with Crippen LogP contribution < -0.4 is 11.1 Å². The molecule has 0 radical (unpaired) electrons. The minimum Gasteiger partial charge on any atom is -0.374 e. The minimum atomic E-state index is -0.0487. The van der Waals surface area contributed by atoms with Gasteiger partial charge in [-0.1, -0.05) is 29.5 Å². The predicted molar refractivity (Wildman–Crippen MR) is 71.4 cm³/mol. The first kappa shape index (κ1) is 12.5. The molecule has 0 fully saturated rings. The summed E-state index contributed by atoms with van der Waals surface area (Å²) < 4.78 is 0. The number of benzene rings is 1. The first-order chi connectivity index (χ1) is 8.75. The second-order valence-electron chi connectivity index (χ2n) is 3.76. The van der Waals surface area contributed by atoms with Crippen molar-refractivity contribution in [1.82, 2.24) is 15.5 Å². The van der Waals surface area contributed by atoms with Gasteiger partial charge in [-0.25, -0.2) is 0 Å². The summed E-state index contributed by atoms with van der Waals surface area (Å²) >= 11 is 1.39. The Morgan fingerprint density at radius 3 is 2.72 bits per heavy atom. The van der Waals surface area contributed by atoms with Crippen LogP contribution >= 0.6 is 11.3 Å². The quantitative estimate of drug-likeness (QED) is 0.800. The largest absolute Gasteiger partial charge is 0.374 e. The molecule has 1 aromatic carbocycles. The number of nitrogens with one attached hydrogen (secondary N) is 1. The molecular formula is C12H14N4OS. The molecule has 5 nitrogen and oxygen atoms in total. The molecule has 0 atom stereocenters. The zero-order valence-corrected chi connectivity index (χ0v) is 10.6. The number of rotatable bonds is 5. The summed E-state index contributed by atoms with van der Waals surface area (Å²) in [6.07, 6.45) is 1.61. The maximum Gasteiger partial charge on any atom is 0.251 e. The van der Waals surface area contributed by atoms with Gasteiger partial charge < -0.3 is 11.1 Å². The van der Waals surface area contributed by atoms with Crippen molar-refractivity contribution >= 4 is 22.4 Å². The number of carbonyl (C=O) groups excluding carboxylic acids is 1. The zero-order chi connectivity index (χ0) is 12.8. The smallest absolute Gasteiger partial charge is 0.251 e. The molecular weight excluding hydrogens is 248 g/mol. The summed E-state index contributed by atoms with van der Waals surface area (Å²) in [7, 11) is 0. The van der Waals surface area contributed by atoms with Crippen molar-refractivity contribution in [2.45, 2.75) is 12.8 Å². The van der Waals surface area contributed by atoms with E-state index in [2.05, 4.69) is 15.5 Å². The van der Waals surface area contributed by atoms with Crippen LogP contribution in [-0.2, 0) is 6.42 Å². The Morgan fingerprint density at radius 1 is 1.28 bits per heavy atom. The molecule has 3 N–H and O–H groups in total. The maximum absolute atomic E-state index is 11.7. The number of amides is 1. The highest BCUT2D eigenvalue weighted by molar-refractivity contribution is 7.15. The van der Waals surface area contributed by atoms with Crippen LogP contribution in [0.2, 0.25) is 0 Å². The van der Waals surface area contributed by atoms with E-state index in [-0.39, 0.29) is 5.91 Å². The van der Waals surface area contributed by atoms with E-state index < -0.39 is 0 Å². The standard InChI is InChI=1S/C12H14N4OS/c13-12-16-15-10(18-12)7-4-8-14-11(17)9-5-2-1-3-6-9/h1-3,5-6H,4,7-8H2,(H2,13,16)(H,14,17). The minimum absolute atomic E-state index is 0.0487. The van der Waals surface area contributed by atoms with Gasteiger partial charge in [0.25, 0.3) is 5.91 Å². The second-order valence-corrected chi connectivity index (χ2v) is 4.85. The van der Waals surface area contributed by atoms with E-state index in [9.17, 15) is 4.79 Å². The Bertz CT molecular complexity index is 512. The first-order valence-corrected chi connectivity index (χ1v) is 6.48. The van der Waals surface area contributed by atoms with Gasteiger partial charge >= 0.3 is 0 Å². The number of aryl methyl sites for hydroxylation is 1. The zero-order valence-electron chi connectivity index (χ0n) is 9.80. The molecule has 0 unspecified atom stereocenters. The fourth-order valence-corrected chi connectivity index (χ4v) is 2.15. The predicted octanol–water partition coefficient (Wildman–Crippen LogP) is 1.48. The molecule has 0 saturated carbocycles. The van der Waals surface area contributed by atoms with Gasteiger partial charge in [-0.3, -0.25) is 4.79 Å². The molecule has 1 aromatic heterocycles. The van der Waals surface area contributed by atoms with Crippen LogP contribution in [-0.4, -0.2) is 22.6 Å². The van der Waals surface area contributed by atoms with Crippen LogP contribution in [0, 0.1) is 0 Å². The molecule has 1 amide bonds. The van der Waals surface area contributed by atoms with Gasteiger partial charge in [-0.15, -0.1) is 10.2 Å². The average Bonchev–Trinajstić information content (AvgIpc) is 2.81. The van der Waals surface area contributed by atoms with Crippen molar-refractivity contribution < 1.29 is 4.79 Å². The average molecular weight is 262 g/mol. The van der Waals surface area contributed by atoms with Gasteiger partial charge in [0.05, 0.1) is 0 Å². The lowest BCUT2D eigenvalue weighted by Gasteiger charge is -2.03. The van der Waals surface area contributed by atoms with Crippen LogP contribution in [0.1, 0.15) is 21.8 Å². The van der Waals surface area contributed by atoms with Gasteiger partial charge in [0.1, 0.15) is 5.01 Å². The Hall–Kier alpha value is -1.95. The number of carbonyl (C=O) groups is 1. The van der Waals surface area contributed by atoms with Crippen molar-refractivity contribution in [2.24, 2.45) is 0 Å². The lowest BCUT2D eigenvalue weighted by atomic mass is 10.2. The summed E-state index contributed by atoms with van der Waals surface area (Å²) in [4.78, 5) is 11.7. The van der Waals surface area contributed by atoms with Crippen LogP contribution in [0.5, 0.6) is 0 Å². The van der Waals surface area contributed by atoms with Gasteiger partial charge in [-0.05, 0) is 18.6 Å². The first-order valence-electron chi connectivity index (χ1n) is 5.67. The second kappa shape index (κ2) is 6.11. The summed E-state index contributed by atoms with van der Waals surface area (Å²) in [5.41, 5.74) is 6.16. The molecule has 94 valence electrons. The lowest BCUT2D eigenvalue weighted by Crippen LogP contribution is -2.24. The molecule has 2 rings (SSSR count). The van der Waals surface area contributed by atoms with E-state index >= 15 is 0 Å².